The number of rotatable bonds is 9. The molecule has 0 spiro atoms. The Kier molecular flexibility index (Phi) is 7.79. The lowest BCUT2D eigenvalue weighted by Crippen LogP contribution is -2.36. The topological polar surface area (TPSA) is 53.0 Å². The Bertz CT molecular complexity index is 416. The van der Waals surface area contributed by atoms with Gasteiger partial charge in [-0.15, -0.1) is 0 Å². The van der Waals surface area contributed by atoms with Crippen LogP contribution < -0.4 is 4.90 Å². The minimum atomic E-state index is -0.0767. The summed E-state index contributed by atoms with van der Waals surface area (Å²) in [7, 11) is 1.60. The van der Waals surface area contributed by atoms with Crippen LogP contribution in [-0.4, -0.2) is 62.4 Å². The molecule has 1 aromatic rings. The van der Waals surface area contributed by atoms with Crippen molar-refractivity contribution in [2.45, 2.75) is 13.8 Å². The fourth-order valence-corrected chi connectivity index (χ4v) is 2.22. The highest BCUT2D eigenvalue weighted by atomic mass is 16.5. The molecule has 0 aromatic heterocycles. The van der Waals surface area contributed by atoms with Crippen LogP contribution in [0, 0.1) is 0 Å². The maximum absolute atomic E-state index is 12.4. The highest BCUT2D eigenvalue weighted by Gasteiger charge is 2.15. The number of nitrogens with zero attached hydrogens (tertiary/aromatic N) is 2. The fraction of sp³-hybridized carbons (Fsp3) is 0.562. The van der Waals surface area contributed by atoms with E-state index in [9.17, 15) is 4.79 Å². The van der Waals surface area contributed by atoms with Crippen molar-refractivity contribution in [3.05, 3.63) is 29.8 Å². The first-order valence-corrected chi connectivity index (χ1v) is 7.41. The summed E-state index contributed by atoms with van der Waals surface area (Å²) in [5, 5.41) is 9.07. The monoisotopic (exact) mass is 294 g/mol. The highest BCUT2D eigenvalue weighted by molar-refractivity contribution is 5.94. The van der Waals surface area contributed by atoms with Gasteiger partial charge in [-0.3, -0.25) is 4.79 Å². The van der Waals surface area contributed by atoms with Crippen molar-refractivity contribution >= 4 is 11.6 Å². The largest absolute Gasteiger partial charge is 0.395 e. The van der Waals surface area contributed by atoms with E-state index in [1.165, 1.54) is 0 Å². The van der Waals surface area contributed by atoms with Crippen molar-refractivity contribution in [3.63, 3.8) is 0 Å². The zero-order valence-corrected chi connectivity index (χ0v) is 13.2. The standard InChI is InChI=1S/C16H26N2O3/c1-4-17(5-2)15-8-6-14(7-9-15)16(20)18(10-12-19)11-13-21-3/h6-9,19H,4-5,10-13H2,1-3H3. The molecule has 0 fully saturated rings. The van der Waals surface area contributed by atoms with Crippen LogP contribution in [-0.2, 0) is 4.74 Å². The number of carbonyl (C=O) groups is 1. The van der Waals surface area contributed by atoms with Gasteiger partial charge in [-0.05, 0) is 38.1 Å². The summed E-state index contributed by atoms with van der Waals surface area (Å²) >= 11 is 0. The summed E-state index contributed by atoms with van der Waals surface area (Å²) in [5.41, 5.74) is 1.75. The summed E-state index contributed by atoms with van der Waals surface area (Å²) in [5.74, 6) is -0.0767. The van der Waals surface area contributed by atoms with Gasteiger partial charge in [0, 0.05) is 44.5 Å². The second-order valence-corrected chi connectivity index (χ2v) is 4.73. The van der Waals surface area contributed by atoms with Crippen LogP contribution >= 0.6 is 0 Å². The maximum Gasteiger partial charge on any atom is 0.254 e. The average molecular weight is 294 g/mol. The first-order valence-electron chi connectivity index (χ1n) is 7.41. The Morgan fingerprint density at radius 2 is 1.76 bits per heavy atom. The zero-order valence-electron chi connectivity index (χ0n) is 13.2. The molecule has 1 aromatic carbocycles. The molecular weight excluding hydrogens is 268 g/mol. The van der Waals surface area contributed by atoms with Crippen LogP contribution in [0.1, 0.15) is 24.2 Å². The van der Waals surface area contributed by atoms with Gasteiger partial charge in [-0.25, -0.2) is 0 Å². The molecule has 0 aliphatic heterocycles. The lowest BCUT2D eigenvalue weighted by molar-refractivity contribution is 0.0656. The average Bonchev–Trinajstić information content (AvgIpc) is 2.52. The number of hydrogen-bond donors (Lipinski definition) is 1. The predicted molar refractivity (Wildman–Crippen MR) is 84.9 cm³/mol. The van der Waals surface area contributed by atoms with Crippen molar-refractivity contribution in [1.82, 2.24) is 4.90 Å². The molecule has 21 heavy (non-hydrogen) atoms. The maximum atomic E-state index is 12.4. The highest BCUT2D eigenvalue weighted by Crippen LogP contribution is 2.16. The van der Waals surface area contributed by atoms with Gasteiger partial charge in [0.1, 0.15) is 0 Å². The van der Waals surface area contributed by atoms with Crippen LogP contribution in [0.2, 0.25) is 0 Å². The van der Waals surface area contributed by atoms with Gasteiger partial charge in [0.2, 0.25) is 0 Å². The molecular formula is C16H26N2O3. The molecule has 1 N–H and O–H groups in total. The number of hydrogen-bond acceptors (Lipinski definition) is 4. The fourth-order valence-electron chi connectivity index (χ4n) is 2.22. The number of aliphatic hydroxyl groups is 1. The number of anilines is 1. The Morgan fingerprint density at radius 3 is 2.24 bits per heavy atom. The predicted octanol–water partition coefficient (Wildman–Crippen LogP) is 1.61. The lowest BCUT2D eigenvalue weighted by atomic mass is 10.1. The molecule has 0 saturated carbocycles. The van der Waals surface area contributed by atoms with Crippen LogP contribution in [0.3, 0.4) is 0 Å². The van der Waals surface area contributed by atoms with Gasteiger partial charge in [0.15, 0.2) is 0 Å². The quantitative estimate of drug-likeness (QED) is 0.752. The van der Waals surface area contributed by atoms with E-state index in [0.29, 0.717) is 25.3 Å². The van der Waals surface area contributed by atoms with E-state index in [-0.39, 0.29) is 12.5 Å². The van der Waals surface area contributed by atoms with Crippen molar-refractivity contribution in [3.8, 4) is 0 Å². The second kappa shape index (κ2) is 9.37. The minimum absolute atomic E-state index is 0.0486. The molecule has 1 rings (SSSR count). The van der Waals surface area contributed by atoms with Crippen LogP contribution in [0.15, 0.2) is 24.3 Å². The number of benzene rings is 1. The molecule has 118 valence electrons. The first-order chi connectivity index (χ1) is 10.2. The number of methoxy groups -OCH3 is 1. The van der Waals surface area contributed by atoms with Crippen molar-refractivity contribution < 1.29 is 14.6 Å². The van der Waals surface area contributed by atoms with Gasteiger partial charge >= 0.3 is 0 Å². The van der Waals surface area contributed by atoms with Crippen LogP contribution in [0.25, 0.3) is 0 Å². The Hall–Kier alpha value is -1.59. The Balaban J connectivity index is 2.80. The lowest BCUT2D eigenvalue weighted by Gasteiger charge is -2.23. The van der Waals surface area contributed by atoms with Gasteiger partial charge in [0.25, 0.3) is 5.91 Å². The third-order valence-electron chi connectivity index (χ3n) is 3.47. The van der Waals surface area contributed by atoms with E-state index >= 15 is 0 Å². The van der Waals surface area contributed by atoms with E-state index < -0.39 is 0 Å². The number of amides is 1. The molecule has 0 bridgehead atoms. The summed E-state index contributed by atoms with van der Waals surface area (Å²) in [6.07, 6.45) is 0. The van der Waals surface area contributed by atoms with Gasteiger partial charge in [-0.2, -0.15) is 0 Å². The zero-order chi connectivity index (χ0) is 15.7. The van der Waals surface area contributed by atoms with Crippen LogP contribution in [0.4, 0.5) is 5.69 Å². The molecule has 0 heterocycles. The molecule has 1 amide bonds. The minimum Gasteiger partial charge on any atom is -0.395 e. The van der Waals surface area contributed by atoms with Gasteiger partial charge in [-0.1, -0.05) is 0 Å². The number of aliphatic hydroxyl groups excluding tert-OH is 1. The molecule has 0 radical (unpaired) electrons. The summed E-state index contributed by atoms with van der Waals surface area (Å²) in [4.78, 5) is 16.2. The third-order valence-corrected chi connectivity index (χ3v) is 3.47. The van der Waals surface area contributed by atoms with E-state index in [4.69, 9.17) is 9.84 Å². The second-order valence-electron chi connectivity index (χ2n) is 4.73. The normalized spacial score (nSPS) is 10.5. The Morgan fingerprint density at radius 1 is 1.14 bits per heavy atom. The van der Waals surface area contributed by atoms with Crippen molar-refractivity contribution in [1.29, 1.82) is 0 Å². The van der Waals surface area contributed by atoms with Crippen molar-refractivity contribution in [2.75, 3.05) is 51.4 Å². The summed E-state index contributed by atoms with van der Waals surface area (Å²) in [6.45, 7) is 7.30. The first kappa shape index (κ1) is 17.5. The van der Waals surface area contributed by atoms with E-state index in [1.807, 2.05) is 24.3 Å². The molecule has 5 nitrogen and oxygen atoms in total. The number of carbonyl (C=O) groups excluding carboxylic acids is 1. The molecule has 0 atom stereocenters. The summed E-state index contributed by atoms with van der Waals surface area (Å²) < 4.78 is 5.00. The smallest absolute Gasteiger partial charge is 0.254 e. The molecule has 0 saturated heterocycles. The van der Waals surface area contributed by atoms with Gasteiger partial charge in [0.05, 0.1) is 13.2 Å². The summed E-state index contributed by atoms with van der Waals surface area (Å²) in [6, 6.07) is 7.61. The van der Waals surface area contributed by atoms with E-state index in [2.05, 4.69) is 18.7 Å². The SMILES string of the molecule is CCN(CC)c1ccc(C(=O)N(CCO)CCOC)cc1. The molecule has 5 heteroatoms. The Labute approximate surface area is 127 Å². The van der Waals surface area contributed by atoms with Crippen LogP contribution in [0.5, 0.6) is 0 Å². The van der Waals surface area contributed by atoms with E-state index in [1.54, 1.807) is 12.0 Å². The van der Waals surface area contributed by atoms with Crippen molar-refractivity contribution in [2.24, 2.45) is 0 Å². The molecule has 0 aliphatic rings. The van der Waals surface area contributed by atoms with E-state index in [0.717, 1.165) is 18.8 Å². The van der Waals surface area contributed by atoms with Gasteiger partial charge < -0.3 is 19.6 Å². The molecule has 0 unspecified atom stereocenters. The molecule has 0 aliphatic carbocycles. The third kappa shape index (κ3) is 5.02. The number of ether oxygens (including phenoxy) is 1.